The van der Waals surface area contributed by atoms with E-state index in [-0.39, 0.29) is 5.41 Å². The first-order valence-electron chi connectivity index (χ1n) is 9.95. The Labute approximate surface area is 153 Å². The summed E-state index contributed by atoms with van der Waals surface area (Å²) < 4.78 is 5.36. The Balaban J connectivity index is 1.25. The van der Waals surface area contributed by atoms with Crippen LogP contribution in [0.15, 0.2) is 34.9 Å². The molecule has 1 unspecified atom stereocenters. The van der Waals surface area contributed by atoms with E-state index in [1.54, 1.807) is 0 Å². The molecule has 0 bridgehead atoms. The summed E-state index contributed by atoms with van der Waals surface area (Å²) in [4.78, 5) is 20.0. The van der Waals surface area contributed by atoms with E-state index in [9.17, 15) is 4.79 Å². The largest absolute Gasteiger partial charge is 0.339 e. The van der Waals surface area contributed by atoms with Crippen LogP contribution in [0.4, 0.5) is 0 Å². The lowest BCUT2D eigenvalue weighted by Crippen LogP contribution is -2.42. The van der Waals surface area contributed by atoms with Crippen LogP contribution in [0.25, 0.3) is 0 Å². The van der Waals surface area contributed by atoms with Gasteiger partial charge in [-0.3, -0.25) is 4.79 Å². The van der Waals surface area contributed by atoms with Crippen LogP contribution >= 0.6 is 0 Å². The van der Waals surface area contributed by atoms with Crippen molar-refractivity contribution in [1.29, 1.82) is 0 Å². The van der Waals surface area contributed by atoms with Gasteiger partial charge in [-0.15, -0.1) is 0 Å². The number of carbonyl (C=O) groups excluding carboxylic acids is 1. The van der Waals surface area contributed by atoms with Crippen molar-refractivity contribution < 1.29 is 9.32 Å². The van der Waals surface area contributed by atoms with Gasteiger partial charge in [-0.1, -0.05) is 35.5 Å². The molecule has 0 radical (unpaired) electrons. The van der Waals surface area contributed by atoms with E-state index in [4.69, 9.17) is 4.52 Å². The van der Waals surface area contributed by atoms with Gasteiger partial charge in [0.15, 0.2) is 5.82 Å². The second-order valence-corrected chi connectivity index (χ2v) is 8.10. The topological polar surface area (TPSA) is 59.2 Å². The van der Waals surface area contributed by atoms with E-state index in [1.165, 1.54) is 18.4 Å². The molecule has 5 heteroatoms. The molecule has 5 nitrogen and oxygen atoms in total. The van der Waals surface area contributed by atoms with Gasteiger partial charge in [0.05, 0.1) is 5.41 Å². The molecule has 3 fully saturated rings. The van der Waals surface area contributed by atoms with Gasteiger partial charge in [0.25, 0.3) is 0 Å². The maximum Gasteiger partial charge on any atom is 0.233 e. The molecule has 2 saturated carbocycles. The van der Waals surface area contributed by atoms with Crippen LogP contribution in [0.3, 0.4) is 0 Å². The van der Waals surface area contributed by atoms with Crippen LogP contribution in [0, 0.1) is 0 Å². The molecule has 136 valence electrons. The summed E-state index contributed by atoms with van der Waals surface area (Å²) in [5.74, 6) is 2.44. The smallest absolute Gasteiger partial charge is 0.233 e. The zero-order valence-electron chi connectivity index (χ0n) is 15.1. The van der Waals surface area contributed by atoms with E-state index in [2.05, 4.69) is 27.2 Å². The summed E-state index contributed by atoms with van der Waals surface area (Å²) in [7, 11) is 0. The molecule has 1 aliphatic heterocycles. The molecule has 5 rings (SSSR count). The van der Waals surface area contributed by atoms with Crippen molar-refractivity contribution in [3.63, 3.8) is 0 Å². The van der Waals surface area contributed by atoms with E-state index >= 15 is 0 Å². The van der Waals surface area contributed by atoms with Gasteiger partial charge in [-0.05, 0) is 50.5 Å². The molecule has 1 aromatic carbocycles. The molecular formula is C21H25N3O2. The fourth-order valence-electron chi connectivity index (χ4n) is 4.35. The normalized spacial score (nSPS) is 24.0. The predicted octanol–water partition coefficient (Wildman–Crippen LogP) is 3.60. The quantitative estimate of drug-likeness (QED) is 0.798. The molecule has 3 aliphatic rings. The van der Waals surface area contributed by atoms with Gasteiger partial charge < -0.3 is 9.42 Å². The minimum atomic E-state index is -0.255. The van der Waals surface area contributed by atoms with E-state index in [0.717, 1.165) is 56.8 Å². The molecule has 1 saturated heterocycles. The summed E-state index contributed by atoms with van der Waals surface area (Å²) >= 11 is 0. The number of amides is 1. The third-order valence-electron chi connectivity index (χ3n) is 6.24. The third kappa shape index (κ3) is 2.83. The Morgan fingerprint density at radius 2 is 2.00 bits per heavy atom. The summed E-state index contributed by atoms with van der Waals surface area (Å²) in [6.45, 7) is 0.887. The second-order valence-electron chi connectivity index (χ2n) is 8.10. The molecule has 0 spiro atoms. The van der Waals surface area contributed by atoms with Gasteiger partial charge in [-0.25, -0.2) is 0 Å². The summed E-state index contributed by atoms with van der Waals surface area (Å²) in [6, 6.07) is 10.6. The molecule has 2 aromatic rings. The van der Waals surface area contributed by atoms with Gasteiger partial charge in [-0.2, -0.15) is 4.98 Å². The van der Waals surface area contributed by atoms with Crippen molar-refractivity contribution in [3.05, 3.63) is 47.6 Å². The van der Waals surface area contributed by atoms with Gasteiger partial charge in [0.1, 0.15) is 0 Å². The van der Waals surface area contributed by atoms with E-state index in [1.807, 2.05) is 18.2 Å². The van der Waals surface area contributed by atoms with Crippen molar-refractivity contribution in [3.8, 4) is 0 Å². The fourth-order valence-corrected chi connectivity index (χ4v) is 4.35. The first-order valence-corrected chi connectivity index (χ1v) is 9.95. The zero-order chi connectivity index (χ0) is 17.6. The van der Waals surface area contributed by atoms with Crippen LogP contribution in [-0.2, 0) is 16.6 Å². The lowest BCUT2D eigenvalue weighted by Gasteiger charge is -2.29. The molecule has 1 amide bonds. The van der Waals surface area contributed by atoms with Crippen LogP contribution < -0.4 is 0 Å². The maximum absolute atomic E-state index is 13.3. The van der Waals surface area contributed by atoms with E-state index < -0.39 is 0 Å². The van der Waals surface area contributed by atoms with Crippen molar-refractivity contribution >= 4 is 5.91 Å². The van der Waals surface area contributed by atoms with Crippen molar-refractivity contribution in [2.75, 3.05) is 6.54 Å². The zero-order valence-corrected chi connectivity index (χ0v) is 15.1. The monoisotopic (exact) mass is 351 g/mol. The molecule has 2 aliphatic carbocycles. The number of aryl methyl sites for hydroxylation is 1. The van der Waals surface area contributed by atoms with Gasteiger partial charge >= 0.3 is 0 Å². The Kier molecular flexibility index (Phi) is 3.84. The number of nitrogens with zero attached hydrogens (tertiary/aromatic N) is 3. The van der Waals surface area contributed by atoms with E-state index in [0.29, 0.717) is 17.9 Å². The van der Waals surface area contributed by atoms with Crippen LogP contribution in [0.1, 0.15) is 68.1 Å². The lowest BCUT2D eigenvalue weighted by molar-refractivity contribution is -0.134. The SMILES string of the molecule is O=C(N1CCCC1CCc1noc(C2CC2)n1)C1(c2ccccc2)CC1. The Morgan fingerprint density at radius 1 is 1.19 bits per heavy atom. The predicted molar refractivity (Wildman–Crippen MR) is 96.7 cm³/mol. The van der Waals surface area contributed by atoms with Crippen molar-refractivity contribution in [2.45, 2.75) is 68.7 Å². The second kappa shape index (κ2) is 6.22. The van der Waals surface area contributed by atoms with Crippen LogP contribution in [0.2, 0.25) is 0 Å². The Hall–Kier alpha value is -2.17. The third-order valence-corrected chi connectivity index (χ3v) is 6.24. The highest BCUT2D eigenvalue weighted by atomic mass is 16.5. The molecule has 26 heavy (non-hydrogen) atoms. The lowest BCUT2D eigenvalue weighted by atomic mass is 9.93. The first-order chi connectivity index (χ1) is 12.8. The van der Waals surface area contributed by atoms with Crippen LogP contribution in [-0.4, -0.2) is 33.5 Å². The highest BCUT2D eigenvalue weighted by molar-refractivity contribution is 5.91. The van der Waals surface area contributed by atoms with Gasteiger partial charge in [0.2, 0.25) is 11.8 Å². The van der Waals surface area contributed by atoms with Crippen LogP contribution in [0.5, 0.6) is 0 Å². The Morgan fingerprint density at radius 3 is 2.73 bits per heavy atom. The number of hydrogen-bond donors (Lipinski definition) is 0. The summed E-state index contributed by atoms with van der Waals surface area (Å²) in [5, 5.41) is 4.13. The van der Waals surface area contributed by atoms with Crippen molar-refractivity contribution in [2.24, 2.45) is 0 Å². The fraction of sp³-hybridized carbons (Fsp3) is 0.571. The number of benzene rings is 1. The highest BCUT2D eigenvalue weighted by Gasteiger charge is 2.54. The summed E-state index contributed by atoms with van der Waals surface area (Å²) in [5.41, 5.74) is 0.928. The molecule has 0 N–H and O–H groups in total. The minimum absolute atomic E-state index is 0.255. The molecule has 2 heterocycles. The number of likely N-dealkylation sites (tertiary alicyclic amines) is 1. The van der Waals surface area contributed by atoms with Gasteiger partial charge in [0, 0.05) is 24.9 Å². The van der Waals surface area contributed by atoms with Crippen molar-refractivity contribution in [1.82, 2.24) is 15.0 Å². The standard InChI is InChI=1S/C21H25N3O2/c25-20(21(12-13-21)16-5-2-1-3-6-16)24-14-4-7-17(24)10-11-18-22-19(26-23-18)15-8-9-15/h1-3,5-6,15,17H,4,7-14H2. The number of hydrogen-bond acceptors (Lipinski definition) is 4. The highest BCUT2D eigenvalue weighted by Crippen LogP contribution is 2.50. The number of carbonyl (C=O) groups is 1. The number of aromatic nitrogens is 2. The molecular weight excluding hydrogens is 326 g/mol. The Bertz CT molecular complexity index is 793. The average Bonchev–Trinajstić information content (AvgIpc) is 3.59. The molecule has 1 aromatic heterocycles. The minimum Gasteiger partial charge on any atom is -0.339 e. The first kappa shape index (κ1) is 16.0. The maximum atomic E-state index is 13.3. The molecule has 1 atom stereocenters. The number of rotatable bonds is 6. The average molecular weight is 351 g/mol. The summed E-state index contributed by atoms with van der Waals surface area (Å²) in [6.07, 6.45) is 8.22.